The van der Waals surface area contributed by atoms with E-state index in [4.69, 9.17) is 4.98 Å². The van der Waals surface area contributed by atoms with Crippen molar-refractivity contribution in [2.45, 2.75) is 66.2 Å². The Labute approximate surface area is 134 Å². The third kappa shape index (κ3) is 3.78. The molecule has 0 bridgehead atoms. The van der Waals surface area contributed by atoms with Crippen molar-refractivity contribution in [3.63, 3.8) is 0 Å². The van der Waals surface area contributed by atoms with Gasteiger partial charge in [0.2, 0.25) is 0 Å². The van der Waals surface area contributed by atoms with E-state index >= 15 is 0 Å². The first kappa shape index (κ1) is 18.0. The SMILES string of the molecule is CC(C)N(Cc1nc2ccccc2n1C(C)C)C(C)C.Cl. The Kier molecular flexibility index (Phi) is 6.24. The van der Waals surface area contributed by atoms with Gasteiger partial charge in [0.1, 0.15) is 5.82 Å². The number of fused-ring (bicyclic) bond motifs is 1. The fourth-order valence-electron chi connectivity index (χ4n) is 2.91. The van der Waals surface area contributed by atoms with Crippen LogP contribution in [0.2, 0.25) is 0 Å². The zero-order valence-electron chi connectivity index (χ0n) is 14.0. The van der Waals surface area contributed by atoms with Crippen molar-refractivity contribution >= 4 is 23.4 Å². The molecule has 3 nitrogen and oxygen atoms in total. The number of hydrogen-bond donors (Lipinski definition) is 0. The zero-order valence-corrected chi connectivity index (χ0v) is 14.8. The van der Waals surface area contributed by atoms with Gasteiger partial charge in [0.05, 0.1) is 17.6 Å². The Morgan fingerprint density at radius 1 is 1.00 bits per heavy atom. The molecule has 4 heteroatoms. The highest BCUT2D eigenvalue weighted by molar-refractivity contribution is 5.85. The van der Waals surface area contributed by atoms with Crippen molar-refractivity contribution in [1.29, 1.82) is 0 Å². The Hall–Kier alpha value is -1.06. The lowest BCUT2D eigenvalue weighted by molar-refractivity contribution is 0.159. The third-order valence-corrected chi connectivity index (χ3v) is 3.84. The van der Waals surface area contributed by atoms with Crippen LogP contribution in [-0.4, -0.2) is 26.5 Å². The number of halogens is 1. The van der Waals surface area contributed by atoms with E-state index in [0.29, 0.717) is 18.1 Å². The Balaban J connectivity index is 0.00000220. The minimum Gasteiger partial charge on any atom is -0.324 e. The molecule has 0 aliphatic carbocycles. The van der Waals surface area contributed by atoms with E-state index in [1.807, 2.05) is 0 Å². The van der Waals surface area contributed by atoms with Gasteiger partial charge in [-0.05, 0) is 53.7 Å². The van der Waals surface area contributed by atoms with Crippen molar-refractivity contribution in [2.75, 3.05) is 0 Å². The lowest BCUT2D eigenvalue weighted by Gasteiger charge is -2.30. The lowest BCUT2D eigenvalue weighted by atomic mass is 10.2. The van der Waals surface area contributed by atoms with Gasteiger partial charge in [-0.1, -0.05) is 12.1 Å². The molecule has 0 radical (unpaired) electrons. The third-order valence-electron chi connectivity index (χ3n) is 3.84. The molecule has 0 saturated carbocycles. The van der Waals surface area contributed by atoms with Crippen LogP contribution in [0, 0.1) is 0 Å². The number of para-hydroxylation sites is 2. The summed E-state index contributed by atoms with van der Waals surface area (Å²) in [4.78, 5) is 7.35. The summed E-state index contributed by atoms with van der Waals surface area (Å²) in [6, 6.07) is 9.90. The van der Waals surface area contributed by atoms with Crippen molar-refractivity contribution < 1.29 is 0 Å². The Bertz CT molecular complexity index is 564. The van der Waals surface area contributed by atoms with Gasteiger partial charge in [-0.2, -0.15) is 0 Å². The molecule has 0 fully saturated rings. The smallest absolute Gasteiger partial charge is 0.124 e. The molecule has 118 valence electrons. The molecular formula is C17H28ClN3. The molecule has 2 aromatic rings. The van der Waals surface area contributed by atoms with Gasteiger partial charge in [-0.3, -0.25) is 4.90 Å². The van der Waals surface area contributed by atoms with Crippen LogP contribution in [0.15, 0.2) is 24.3 Å². The second-order valence-electron chi connectivity index (χ2n) is 6.34. The maximum atomic E-state index is 4.86. The predicted molar refractivity (Wildman–Crippen MR) is 93.2 cm³/mol. The summed E-state index contributed by atoms with van der Waals surface area (Å²) in [7, 11) is 0. The van der Waals surface area contributed by atoms with Crippen LogP contribution in [0.25, 0.3) is 11.0 Å². The molecule has 0 amide bonds. The van der Waals surface area contributed by atoms with Crippen LogP contribution < -0.4 is 0 Å². The number of nitrogens with zero attached hydrogens (tertiary/aromatic N) is 3. The van der Waals surface area contributed by atoms with Gasteiger partial charge in [-0.15, -0.1) is 12.4 Å². The minimum absolute atomic E-state index is 0. The number of imidazole rings is 1. The van der Waals surface area contributed by atoms with E-state index in [2.05, 4.69) is 75.3 Å². The van der Waals surface area contributed by atoms with E-state index < -0.39 is 0 Å². The topological polar surface area (TPSA) is 21.1 Å². The summed E-state index contributed by atoms with van der Waals surface area (Å²) in [6.45, 7) is 14.4. The van der Waals surface area contributed by atoms with Crippen LogP contribution in [0.5, 0.6) is 0 Å². The first-order valence-corrected chi connectivity index (χ1v) is 7.63. The van der Waals surface area contributed by atoms with Gasteiger partial charge in [0, 0.05) is 18.1 Å². The number of hydrogen-bond acceptors (Lipinski definition) is 2. The zero-order chi connectivity index (χ0) is 14.9. The maximum absolute atomic E-state index is 4.86. The van der Waals surface area contributed by atoms with E-state index in [0.717, 1.165) is 12.1 Å². The maximum Gasteiger partial charge on any atom is 0.124 e. The summed E-state index contributed by atoms with van der Waals surface area (Å²) >= 11 is 0. The van der Waals surface area contributed by atoms with E-state index in [1.54, 1.807) is 0 Å². The van der Waals surface area contributed by atoms with Crippen LogP contribution >= 0.6 is 12.4 Å². The molecule has 0 atom stereocenters. The average Bonchev–Trinajstić information content (AvgIpc) is 2.73. The largest absolute Gasteiger partial charge is 0.324 e. The minimum atomic E-state index is 0. The van der Waals surface area contributed by atoms with Crippen LogP contribution in [-0.2, 0) is 6.54 Å². The summed E-state index contributed by atoms with van der Waals surface area (Å²) in [5.41, 5.74) is 2.34. The summed E-state index contributed by atoms with van der Waals surface area (Å²) in [6.07, 6.45) is 0. The van der Waals surface area contributed by atoms with Gasteiger partial charge in [-0.25, -0.2) is 4.98 Å². The summed E-state index contributed by atoms with van der Waals surface area (Å²) < 4.78 is 2.37. The van der Waals surface area contributed by atoms with E-state index in [1.165, 1.54) is 11.3 Å². The number of rotatable bonds is 5. The molecular weight excluding hydrogens is 282 g/mol. The molecule has 0 spiro atoms. The Morgan fingerprint density at radius 2 is 1.57 bits per heavy atom. The molecule has 0 unspecified atom stereocenters. The van der Waals surface area contributed by atoms with Crippen molar-refractivity contribution in [2.24, 2.45) is 0 Å². The van der Waals surface area contributed by atoms with Crippen LogP contribution in [0.3, 0.4) is 0 Å². The first-order chi connectivity index (χ1) is 9.41. The molecule has 1 heterocycles. The fourth-order valence-corrected chi connectivity index (χ4v) is 2.91. The quantitative estimate of drug-likeness (QED) is 0.801. The average molecular weight is 310 g/mol. The monoisotopic (exact) mass is 309 g/mol. The van der Waals surface area contributed by atoms with Gasteiger partial charge < -0.3 is 4.57 Å². The highest BCUT2D eigenvalue weighted by Gasteiger charge is 2.19. The summed E-state index contributed by atoms with van der Waals surface area (Å²) in [5.74, 6) is 1.17. The molecule has 0 aliphatic heterocycles. The molecule has 1 aromatic carbocycles. The number of aromatic nitrogens is 2. The molecule has 0 N–H and O–H groups in total. The lowest BCUT2D eigenvalue weighted by Crippen LogP contribution is -2.37. The molecule has 1 aromatic heterocycles. The summed E-state index contributed by atoms with van der Waals surface area (Å²) in [5, 5.41) is 0. The van der Waals surface area contributed by atoms with E-state index in [9.17, 15) is 0 Å². The highest BCUT2D eigenvalue weighted by Crippen LogP contribution is 2.23. The molecule has 0 aliphatic rings. The van der Waals surface area contributed by atoms with Crippen molar-refractivity contribution in [3.05, 3.63) is 30.1 Å². The van der Waals surface area contributed by atoms with Crippen molar-refractivity contribution in [1.82, 2.24) is 14.5 Å². The fraction of sp³-hybridized carbons (Fsp3) is 0.588. The molecule has 2 rings (SSSR count). The Morgan fingerprint density at radius 3 is 2.10 bits per heavy atom. The van der Waals surface area contributed by atoms with Gasteiger partial charge in [0.15, 0.2) is 0 Å². The van der Waals surface area contributed by atoms with Gasteiger partial charge >= 0.3 is 0 Å². The first-order valence-electron chi connectivity index (χ1n) is 7.63. The second-order valence-corrected chi connectivity index (χ2v) is 6.34. The van der Waals surface area contributed by atoms with E-state index in [-0.39, 0.29) is 12.4 Å². The standard InChI is InChI=1S/C17H27N3.ClH/c1-12(2)19(13(3)4)11-17-18-15-9-7-8-10-16(15)20(17)14(5)6;/h7-10,12-14H,11H2,1-6H3;1H. The van der Waals surface area contributed by atoms with Crippen LogP contribution in [0.1, 0.15) is 53.4 Å². The van der Waals surface area contributed by atoms with Crippen molar-refractivity contribution in [3.8, 4) is 0 Å². The second kappa shape index (κ2) is 7.28. The van der Waals surface area contributed by atoms with Gasteiger partial charge in [0.25, 0.3) is 0 Å². The highest BCUT2D eigenvalue weighted by atomic mass is 35.5. The number of benzene rings is 1. The normalized spacial score (nSPS) is 11.9. The molecule has 0 saturated heterocycles. The van der Waals surface area contributed by atoms with Crippen LogP contribution in [0.4, 0.5) is 0 Å². The molecule has 21 heavy (non-hydrogen) atoms. The predicted octanol–water partition coefficient (Wildman–Crippen LogP) is 4.66.